The molecule has 0 atom stereocenters. The topological polar surface area (TPSA) is 98.5 Å². The van der Waals surface area contributed by atoms with Crippen molar-refractivity contribution >= 4 is 22.6 Å². The highest BCUT2D eigenvalue weighted by atomic mass is 19.3. The Morgan fingerprint density at radius 3 is 2.86 bits per heavy atom. The molecule has 1 heterocycles. The maximum atomic E-state index is 12.5. The lowest BCUT2D eigenvalue weighted by molar-refractivity contribution is -0.139. The van der Waals surface area contributed by atoms with Crippen LogP contribution in [0.5, 0.6) is 5.75 Å². The molecule has 1 aromatic heterocycles. The second-order valence-electron chi connectivity index (χ2n) is 6.64. The quantitative estimate of drug-likeness (QED) is 0.715. The predicted molar refractivity (Wildman–Crippen MR) is 98.4 cm³/mol. The minimum absolute atomic E-state index is 0.00691. The summed E-state index contributed by atoms with van der Waals surface area (Å²) in [4.78, 5) is 17.0. The summed E-state index contributed by atoms with van der Waals surface area (Å²) >= 11 is 0. The van der Waals surface area contributed by atoms with E-state index < -0.39 is 12.6 Å². The molecule has 0 amide bonds. The molecule has 148 valence electrons. The monoisotopic (exact) mass is 390 g/mol. The van der Waals surface area contributed by atoms with Crippen LogP contribution in [0.4, 0.5) is 14.5 Å². The molecule has 0 saturated heterocycles. The van der Waals surface area contributed by atoms with Crippen molar-refractivity contribution in [2.75, 3.05) is 18.4 Å². The van der Waals surface area contributed by atoms with Crippen LogP contribution in [0, 0.1) is 11.3 Å². The van der Waals surface area contributed by atoms with Gasteiger partial charge in [-0.1, -0.05) is 6.92 Å². The van der Waals surface area contributed by atoms with Crippen LogP contribution in [0.3, 0.4) is 0 Å². The number of aliphatic carboxylic acids is 1. The fourth-order valence-corrected chi connectivity index (χ4v) is 3.47. The lowest BCUT2D eigenvalue weighted by atomic mass is 9.85. The number of nitriles is 1. The standard InChI is InChI=1S/C19H20F2N4O3/c1-2-25(10-17(26)27)13-5-12(6-13)24-18-11(8-22)9-23-16-4-3-14(7-15(16)18)28-19(20)21/h3-4,7,9,12-13,19H,2,5-6,10H2,1H3,(H,23,24)(H,26,27). The molecule has 3 rings (SSSR count). The highest BCUT2D eigenvalue weighted by Crippen LogP contribution is 2.34. The molecule has 0 aliphatic heterocycles. The highest BCUT2D eigenvalue weighted by molar-refractivity contribution is 5.95. The van der Waals surface area contributed by atoms with Crippen LogP contribution in [-0.4, -0.2) is 52.7 Å². The minimum atomic E-state index is -2.94. The minimum Gasteiger partial charge on any atom is -0.480 e. The molecule has 1 aliphatic carbocycles. The molecular formula is C19H20F2N4O3. The number of ether oxygens (including phenoxy) is 1. The summed E-state index contributed by atoms with van der Waals surface area (Å²) in [6.45, 7) is -0.398. The van der Waals surface area contributed by atoms with Crippen LogP contribution < -0.4 is 10.1 Å². The first-order chi connectivity index (χ1) is 13.4. The first-order valence-electron chi connectivity index (χ1n) is 8.91. The van der Waals surface area contributed by atoms with E-state index in [2.05, 4.69) is 21.1 Å². The molecule has 1 fully saturated rings. The zero-order chi connectivity index (χ0) is 20.3. The first kappa shape index (κ1) is 19.8. The molecular weight excluding hydrogens is 370 g/mol. The maximum Gasteiger partial charge on any atom is 0.387 e. The lowest BCUT2D eigenvalue weighted by Crippen LogP contribution is -2.51. The van der Waals surface area contributed by atoms with E-state index in [9.17, 15) is 18.8 Å². The zero-order valence-electron chi connectivity index (χ0n) is 15.2. The number of pyridine rings is 1. The van der Waals surface area contributed by atoms with Crippen molar-refractivity contribution in [2.24, 2.45) is 0 Å². The Morgan fingerprint density at radius 2 is 2.25 bits per heavy atom. The van der Waals surface area contributed by atoms with Gasteiger partial charge in [0.15, 0.2) is 0 Å². The Hall–Kier alpha value is -2.99. The number of benzene rings is 1. The van der Waals surface area contributed by atoms with Crippen molar-refractivity contribution in [1.82, 2.24) is 9.88 Å². The van der Waals surface area contributed by atoms with Gasteiger partial charge < -0.3 is 15.2 Å². The Balaban J connectivity index is 1.80. The van der Waals surface area contributed by atoms with Crippen molar-refractivity contribution < 1.29 is 23.4 Å². The van der Waals surface area contributed by atoms with Crippen LogP contribution in [0.1, 0.15) is 25.3 Å². The normalized spacial score (nSPS) is 18.7. The zero-order valence-corrected chi connectivity index (χ0v) is 15.2. The van der Waals surface area contributed by atoms with Crippen LogP contribution in [0.2, 0.25) is 0 Å². The Kier molecular flexibility index (Phi) is 5.90. The number of fused-ring (bicyclic) bond motifs is 1. The predicted octanol–water partition coefficient (Wildman–Crippen LogP) is 3.06. The Morgan fingerprint density at radius 1 is 1.50 bits per heavy atom. The van der Waals surface area contributed by atoms with Gasteiger partial charge in [-0.2, -0.15) is 14.0 Å². The molecule has 2 N–H and O–H groups in total. The second kappa shape index (κ2) is 8.35. The SMILES string of the molecule is CCN(CC(=O)O)C1CC(Nc2c(C#N)cnc3ccc(OC(F)F)cc23)C1. The smallest absolute Gasteiger partial charge is 0.387 e. The second-order valence-corrected chi connectivity index (χ2v) is 6.64. The van der Waals surface area contributed by atoms with Gasteiger partial charge in [0.1, 0.15) is 11.8 Å². The number of likely N-dealkylation sites (N-methyl/N-ethyl adjacent to an activating group) is 1. The largest absolute Gasteiger partial charge is 0.480 e. The van der Waals surface area contributed by atoms with E-state index in [0.717, 1.165) is 12.8 Å². The number of carboxylic acid groups (broad SMARTS) is 1. The third kappa shape index (κ3) is 4.28. The van der Waals surface area contributed by atoms with Gasteiger partial charge in [-0.15, -0.1) is 0 Å². The Labute approximate surface area is 160 Å². The van der Waals surface area contributed by atoms with Gasteiger partial charge in [0, 0.05) is 23.7 Å². The summed E-state index contributed by atoms with van der Waals surface area (Å²) < 4.78 is 29.5. The van der Waals surface area contributed by atoms with E-state index in [-0.39, 0.29) is 24.4 Å². The molecule has 1 aromatic carbocycles. The molecule has 0 radical (unpaired) electrons. The number of alkyl halides is 2. The third-order valence-corrected chi connectivity index (χ3v) is 4.91. The number of aromatic nitrogens is 1. The number of carbonyl (C=O) groups is 1. The average molecular weight is 390 g/mol. The summed E-state index contributed by atoms with van der Waals surface area (Å²) in [5.41, 5.74) is 1.39. The van der Waals surface area contributed by atoms with Crippen molar-refractivity contribution in [3.8, 4) is 11.8 Å². The number of carboxylic acids is 1. The summed E-state index contributed by atoms with van der Waals surface area (Å²) in [6, 6.07) is 6.67. The lowest BCUT2D eigenvalue weighted by Gasteiger charge is -2.42. The van der Waals surface area contributed by atoms with Gasteiger partial charge in [0.25, 0.3) is 0 Å². The molecule has 7 nitrogen and oxygen atoms in total. The first-order valence-corrected chi connectivity index (χ1v) is 8.91. The van der Waals surface area contributed by atoms with Crippen LogP contribution >= 0.6 is 0 Å². The molecule has 1 saturated carbocycles. The number of nitrogens with zero attached hydrogens (tertiary/aromatic N) is 3. The third-order valence-electron chi connectivity index (χ3n) is 4.91. The van der Waals surface area contributed by atoms with E-state index in [4.69, 9.17) is 5.11 Å². The van der Waals surface area contributed by atoms with Gasteiger partial charge in [0.2, 0.25) is 0 Å². The molecule has 0 unspecified atom stereocenters. The maximum absolute atomic E-state index is 12.5. The van der Waals surface area contributed by atoms with Gasteiger partial charge in [0.05, 0.1) is 23.3 Å². The van der Waals surface area contributed by atoms with Gasteiger partial charge in [-0.05, 0) is 37.6 Å². The number of rotatable bonds is 8. The Bertz CT molecular complexity index is 910. The van der Waals surface area contributed by atoms with Crippen molar-refractivity contribution in [3.63, 3.8) is 0 Å². The van der Waals surface area contributed by atoms with E-state index in [1.807, 2.05) is 11.8 Å². The van der Waals surface area contributed by atoms with Crippen LogP contribution in [0.15, 0.2) is 24.4 Å². The molecule has 1 aliphatic rings. The van der Waals surface area contributed by atoms with E-state index >= 15 is 0 Å². The summed E-state index contributed by atoms with van der Waals surface area (Å²) in [5.74, 6) is -0.871. The fraction of sp³-hybridized carbons (Fsp3) is 0.421. The molecule has 0 bridgehead atoms. The van der Waals surface area contributed by atoms with E-state index in [1.165, 1.54) is 18.3 Å². The summed E-state index contributed by atoms with van der Waals surface area (Å²) in [5, 5.41) is 22.2. The van der Waals surface area contributed by atoms with Crippen molar-refractivity contribution in [3.05, 3.63) is 30.0 Å². The van der Waals surface area contributed by atoms with Crippen molar-refractivity contribution in [1.29, 1.82) is 5.26 Å². The van der Waals surface area contributed by atoms with Gasteiger partial charge >= 0.3 is 12.6 Å². The van der Waals surface area contributed by atoms with E-state index in [1.54, 1.807) is 6.07 Å². The average Bonchev–Trinajstić information content (AvgIpc) is 2.61. The number of anilines is 1. The molecule has 9 heteroatoms. The van der Waals surface area contributed by atoms with Gasteiger partial charge in [-0.25, -0.2) is 0 Å². The van der Waals surface area contributed by atoms with Crippen LogP contribution in [0.25, 0.3) is 10.9 Å². The summed E-state index contributed by atoms with van der Waals surface area (Å²) in [6.07, 6.45) is 2.89. The molecule has 28 heavy (non-hydrogen) atoms. The highest BCUT2D eigenvalue weighted by Gasteiger charge is 2.34. The number of nitrogens with one attached hydrogen (secondary N) is 1. The van der Waals surface area contributed by atoms with E-state index in [0.29, 0.717) is 28.7 Å². The fourth-order valence-electron chi connectivity index (χ4n) is 3.47. The number of hydrogen-bond donors (Lipinski definition) is 2. The summed E-state index contributed by atoms with van der Waals surface area (Å²) in [7, 11) is 0. The molecule has 0 spiro atoms. The van der Waals surface area contributed by atoms with Crippen molar-refractivity contribution in [2.45, 2.75) is 38.5 Å². The number of halogens is 2. The van der Waals surface area contributed by atoms with Crippen LogP contribution in [-0.2, 0) is 4.79 Å². The van der Waals surface area contributed by atoms with Gasteiger partial charge in [-0.3, -0.25) is 14.7 Å². The molecule has 2 aromatic rings. The number of hydrogen-bond acceptors (Lipinski definition) is 6.